The van der Waals surface area contributed by atoms with Gasteiger partial charge < -0.3 is 4.74 Å². The van der Waals surface area contributed by atoms with E-state index >= 15 is 0 Å². The van der Waals surface area contributed by atoms with Crippen LogP contribution in [-0.4, -0.2) is 13.1 Å². The van der Waals surface area contributed by atoms with Crippen LogP contribution in [0.25, 0.3) is 6.08 Å². The molecule has 0 amide bonds. The Morgan fingerprint density at radius 1 is 1.67 bits per heavy atom. The van der Waals surface area contributed by atoms with E-state index in [-0.39, 0.29) is 5.57 Å². The number of carbonyl (C=O) groups excluding carboxylic acids is 1. The first-order chi connectivity index (χ1) is 7.21. The third-order valence-electron chi connectivity index (χ3n) is 1.84. The van der Waals surface area contributed by atoms with E-state index in [1.54, 1.807) is 17.4 Å². The fraction of sp³-hybridized carbons (Fsp3) is 0.273. The molecule has 0 fully saturated rings. The first kappa shape index (κ1) is 11.5. The summed E-state index contributed by atoms with van der Waals surface area (Å²) in [5.74, 6) is -0.594. The van der Waals surface area contributed by atoms with Crippen LogP contribution in [0.1, 0.15) is 16.7 Å². The van der Waals surface area contributed by atoms with E-state index in [1.807, 2.05) is 18.2 Å². The lowest BCUT2D eigenvalue weighted by atomic mass is 10.2. The van der Waals surface area contributed by atoms with Crippen molar-refractivity contribution in [2.75, 3.05) is 7.11 Å². The quantitative estimate of drug-likeness (QED) is 0.447. The van der Waals surface area contributed by atoms with Gasteiger partial charge in [0.25, 0.3) is 0 Å². The van der Waals surface area contributed by atoms with Crippen LogP contribution in [0, 0.1) is 11.3 Å². The Labute approximate surface area is 92.6 Å². The van der Waals surface area contributed by atoms with E-state index in [9.17, 15) is 4.79 Å². The van der Waals surface area contributed by atoms with Crippen LogP contribution in [0.5, 0.6) is 0 Å². The summed E-state index contributed by atoms with van der Waals surface area (Å²) in [4.78, 5) is 13.2. The smallest absolute Gasteiger partial charge is 0.348 e. The summed E-state index contributed by atoms with van der Waals surface area (Å²) < 4.78 is 4.48. The summed E-state index contributed by atoms with van der Waals surface area (Å²) in [5, 5.41) is 8.74. The van der Waals surface area contributed by atoms with E-state index in [0.717, 1.165) is 11.3 Å². The fourth-order valence-electron chi connectivity index (χ4n) is 1.05. The molecule has 1 heterocycles. The maximum atomic E-state index is 11.1. The van der Waals surface area contributed by atoms with E-state index < -0.39 is 5.97 Å². The number of esters is 1. The van der Waals surface area contributed by atoms with Crippen LogP contribution in [0.2, 0.25) is 0 Å². The molecule has 0 saturated carbocycles. The first-order valence-electron chi connectivity index (χ1n) is 4.50. The molecule has 0 aromatic carbocycles. The van der Waals surface area contributed by atoms with Gasteiger partial charge in [-0.2, -0.15) is 5.26 Å². The lowest BCUT2D eigenvalue weighted by molar-refractivity contribution is -0.135. The van der Waals surface area contributed by atoms with Gasteiger partial charge >= 0.3 is 5.97 Å². The van der Waals surface area contributed by atoms with Crippen molar-refractivity contribution in [2.45, 2.75) is 13.3 Å². The van der Waals surface area contributed by atoms with Crippen LogP contribution < -0.4 is 0 Å². The van der Waals surface area contributed by atoms with Crippen molar-refractivity contribution in [1.29, 1.82) is 5.26 Å². The van der Waals surface area contributed by atoms with E-state index in [4.69, 9.17) is 5.26 Å². The summed E-state index contributed by atoms with van der Waals surface area (Å²) in [6.07, 6.45) is 2.51. The number of thiophene rings is 1. The molecule has 0 N–H and O–H groups in total. The number of methoxy groups -OCH3 is 1. The Bertz CT molecular complexity index is 426. The largest absolute Gasteiger partial charge is 0.465 e. The number of hydrogen-bond acceptors (Lipinski definition) is 4. The van der Waals surface area contributed by atoms with Gasteiger partial charge in [-0.15, -0.1) is 11.3 Å². The second-order valence-electron chi connectivity index (χ2n) is 2.82. The molecule has 0 aliphatic rings. The minimum Gasteiger partial charge on any atom is -0.465 e. The van der Waals surface area contributed by atoms with Crippen molar-refractivity contribution in [3.05, 3.63) is 27.5 Å². The van der Waals surface area contributed by atoms with E-state index in [2.05, 4.69) is 11.7 Å². The molecule has 4 heteroatoms. The summed E-state index contributed by atoms with van der Waals surface area (Å²) in [6, 6.07) is 5.70. The standard InChI is InChI=1S/C11H11NO2S/c1-3-9-4-5-10(15-9)6-8(7-12)11(13)14-2/h4-6H,3H2,1-2H3/b8-6-. The molecule has 1 aromatic rings. The van der Waals surface area contributed by atoms with Gasteiger partial charge in [0.1, 0.15) is 11.6 Å². The Morgan fingerprint density at radius 2 is 2.40 bits per heavy atom. The molecule has 0 bridgehead atoms. The zero-order valence-electron chi connectivity index (χ0n) is 8.61. The molecule has 1 aromatic heterocycles. The van der Waals surface area contributed by atoms with Crippen LogP contribution in [0.3, 0.4) is 0 Å². The van der Waals surface area contributed by atoms with Crippen molar-refractivity contribution in [3.8, 4) is 6.07 Å². The highest BCUT2D eigenvalue weighted by Gasteiger charge is 2.08. The predicted molar refractivity (Wildman–Crippen MR) is 59.3 cm³/mol. The van der Waals surface area contributed by atoms with Gasteiger partial charge in [-0.25, -0.2) is 4.79 Å². The average molecular weight is 221 g/mol. The minimum absolute atomic E-state index is 0.0296. The van der Waals surface area contributed by atoms with Crippen LogP contribution >= 0.6 is 11.3 Å². The van der Waals surface area contributed by atoms with Gasteiger partial charge in [0.15, 0.2) is 0 Å². The number of nitriles is 1. The van der Waals surface area contributed by atoms with Gasteiger partial charge in [0.2, 0.25) is 0 Å². The van der Waals surface area contributed by atoms with E-state index in [1.165, 1.54) is 12.0 Å². The summed E-state index contributed by atoms with van der Waals surface area (Å²) in [7, 11) is 1.26. The van der Waals surface area contributed by atoms with Crippen LogP contribution in [-0.2, 0) is 16.0 Å². The summed E-state index contributed by atoms with van der Waals surface area (Å²) in [5.41, 5.74) is 0.0296. The van der Waals surface area contributed by atoms with Gasteiger partial charge in [0, 0.05) is 9.75 Å². The lowest BCUT2D eigenvalue weighted by Gasteiger charge is -1.94. The average Bonchev–Trinajstić information content (AvgIpc) is 2.72. The molecule has 1 rings (SSSR count). The van der Waals surface area contributed by atoms with Crippen LogP contribution in [0.4, 0.5) is 0 Å². The second kappa shape index (κ2) is 5.32. The number of carbonyl (C=O) groups is 1. The Balaban J connectivity index is 2.94. The number of nitrogens with zero attached hydrogens (tertiary/aromatic N) is 1. The number of aryl methyl sites for hydroxylation is 1. The monoisotopic (exact) mass is 221 g/mol. The summed E-state index contributed by atoms with van der Waals surface area (Å²) >= 11 is 1.57. The van der Waals surface area contributed by atoms with Crippen molar-refractivity contribution in [2.24, 2.45) is 0 Å². The van der Waals surface area contributed by atoms with Gasteiger partial charge in [-0.3, -0.25) is 0 Å². The Kier molecular flexibility index (Phi) is 4.07. The maximum Gasteiger partial charge on any atom is 0.348 e. The molecule has 15 heavy (non-hydrogen) atoms. The van der Waals surface area contributed by atoms with Crippen LogP contribution in [0.15, 0.2) is 17.7 Å². The highest BCUT2D eigenvalue weighted by Crippen LogP contribution is 2.19. The molecule has 0 saturated heterocycles. The topological polar surface area (TPSA) is 50.1 Å². The fourth-order valence-corrected chi connectivity index (χ4v) is 1.95. The molecular weight excluding hydrogens is 210 g/mol. The second-order valence-corrected chi connectivity index (χ2v) is 4.02. The molecule has 0 radical (unpaired) electrons. The Morgan fingerprint density at radius 3 is 2.87 bits per heavy atom. The van der Waals surface area contributed by atoms with E-state index in [0.29, 0.717) is 0 Å². The molecule has 3 nitrogen and oxygen atoms in total. The zero-order valence-corrected chi connectivity index (χ0v) is 9.43. The highest BCUT2D eigenvalue weighted by atomic mass is 32.1. The van der Waals surface area contributed by atoms with Crippen molar-refractivity contribution >= 4 is 23.4 Å². The lowest BCUT2D eigenvalue weighted by Crippen LogP contribution is -2.02. The Hall–Kier alpha value is -1.60. The molecule has 0 aliphatic carbocycles. The van der Waals surface area contributed by atoms with Crippen molar-refractivity contribution < 1.29 is 9.53 Å². The van der Waals surface area contributed by atoms with Crippen molar-refractivity contribution in [3.63, 3.8) is 0 Å². The van der Waals surface area contributed by atoms with Gasteiger partial charge in [0.05, 0.1) is 7.11 Å². The molecule has 0 spiro atoms. The molecule has 0 aliphatic heterocycles. The number of rotatable bonds is 3. The number of ether oxygens (including phenoxy) is 1. The zero-order chi connectivity index (χ0) is 11.3. The third kappa shape index (κ3) is 2.93. The predicted octanol–water partition coefficient (Wildman–Crippen LogP) is 2.39. The van der Waals surface area contributed by atoms with Gasteiger partial charge in [-0.1, -0.05) is 6.92 Å². The normalized spacial score (nSPS) is 10.9. The first-order valence-corrected chi connectivity index (χ1v) is 5.31. The molecular formula is C11H11NO2S. The molecule has 78 valence electrons. The minimum atomic E-state index is -0.594. The molecule has 0 unspecified atom stereocenters. The molecule has 0 atom stereocenters. The number of hydrogen-bond donors (Lipinski definition) is 0. The van der Waals surface area contributed by atoms with Gasteiger partial charge in [-0.05, 0) is 24.6 Å². The summed E-state index contributed by atoms with van der Waals surface area (Å²) in [6.45, 7) is 2.06. The van der Waals surface area contributed by atoms with Crippen molar-refractivity contribution in [1.82, 2.24) is 0 Å². The third-order valence-corrected chi connectivity index (χ3v) is 3.02. The highest BCUT2D eigenvalue weighted by molar-refractivity contribution is 7.12. The SMILES string of the molecule is CCc1ccc(/C=C(/C#N)C(=O)OC)s1. The maximum absolute atomic E-state index is 11.1.